The van der Waals surface area contributed by atoms with Crippen LogP contribution in [0.15, 0.2) is 6.20 Å². The summed E-state index contributed by atoms with van der Waals surface area (Å²) in [5.74, 6) is -0.899. The minimum atomic E-state index is -0.899. The van der Waals surface area contributed by atoms with Gasteiger partial charge >= 0.3 is 12.1 Å². The van der Waals surface area contributed by atoms with Crippen molar-refractivity contribution in [3.8, 4) is 0 Å². The Morgan fingerprint density at radius 1 is 1.47 bits per heavy atom. The van der Waals surface area contributed by atoms with E-state index >= 15 is 0 Å². The molecule has 0 aliphatic heterocycles. The van der Waals surface area contributed by atoms with Gasteiger partial charge < -0.3 is 9.84 Å². The van der Waals surface area contributed by atoms with Gasteiger partial charge in [-0.2, -0.15) is 5.10 Å². The van der Waals surface area contributed by atoms with Crippen LogP contribution in [0.1, 0.15) is 32.9 Å². The summed E-state index contributed by atoms with van der Waals surface area (Å²) in [6.45, 7) is 5.30. The fraction of sp³-hybridized carbons (Fsp3) is 0.583. The van der Waals surface area contributed by atoms with Gasteiger partial charge in [-0.15, -0.1) is 0 Å². The molecule has 7 heteroatoms. The molecule has 1 rings (SSSR count). The summed E-state index contributed by atoms with van der Waals surface area (Å²) in [6.07, 6.45) is 1.15. The maximum Gasteiger partial charge on any atom is 0.412 e. The molecule has 0 atom stereocenters. The number of hydrogen-bond acceptors (Lipinski definition) is 4. The Bertz CT molecular complexity index is 474. The van der Waals surface area contributed by atoms with Crippen LogP contribution >= 0.6 is 0 Å². The Morgan fingerprint density at radius 3 is 2.63 bits per heavy atom. The van der Waals surface area contributed by atoms with Crippen LogP contribution in [-0.4, -0.2) is 32.6 Å². The lowest BCUT2D eigenvalue weighted by Gasteiger charge is -2.19. The van der Waals surface area contributed by atoms with E-state index in [0.29, 0.717) is 11.4 Å². The third kappa shape index (κ3) is 4.99. The van der Waals surface area contributed by atoms with Crippen LogP contribution in [-0.2, 0) is 23.0 Å². The number of carboxylic acid groups (broad SMARTS) is 1. The highest BCUT2D eigenvalue weighted by Crippen LogP contribution is 2.17. The highest BCUT2D eigenvalue weighted by Gasteiger charge is 2.18. The minimum absolute atomic E-state index is 0.0253. The van der Waals surface area contributed by atoms with Crippen LogP contribution in [0, 0.1) is 0 Å². The summed E-state index contributed by atoms with van der Waals surface area (Å²) in [6, 6.07) is 0. The molecule has 0 radical (unpaired) electrons. The molecule has 0 saturated heterocycles. The Labute approximate surface area is 111 Å². The first-order valence-corrected chi connectivity index (χ1v) is 5.91. The van der Waals surface area contributed by atoms with Crippen molar-refractivity contribution < 1.29 is 19.4 Å². The zero-order valence-electron chi connectivity index (χ0n) is 11.6. The molecular formula is C12H19N3O4. The zero-order chi connectivity index (χ0) is 14.6. The summed E-state index contributed by atoms with van der Waals surface area (Å²) in [5.41, 5.74) is 0.527. The van der Waals surface area contributed by atoms with Gasteiger partial charge in [-0.25, -0.2) is 4.79 Å². The highest BCUT2D eigenvalue weighted by atomic mass is 16.6. The van der Waals surface area contributed by atoms with Crippen molar-refractivity contribution >= 4 is 17.7 Å². The van der Waals surface area contributed by atoms with E-state index in [1.54, 1.807) is 27.8 Å². The van der Waals surface area contributed by atoms with Gasteiger partial charge in [-0.1, -0.05) is 0 Å². The van der Waals surface area contributed by atoms with Crippen molar-refractivity contribution in [3.63, 3.8) is 0 Å². The van der Waals surface area contributed by atoms with E-state index in [1.807, 2.05) is 0 Å². The second-order valence-corrected chi connectivity index (χ2v) is 5.15. The number of nitrogens with one attached hydrogen (secondary N) is 1. The lowest BCUT2D eigenvalue weighted by atomic mass is 10.2. The van der Waals surface area contributed by atoms with Crippen LogP contribution in [0.4, 0.5) is 10.5 Å². The molecule has 1 aromatic heterocycles. The van der Waals surface area contributed by atoms with E-state index in [9.17, 15) is 9.59 Å². The number of aliphatic carboxylic acids is 1. The van der Waals surface area contributed by atoms with Gasteiger partial charge in [0.05, 0.1) is 24.0 Å². The van der Waals surface area contributed by atoms with Crippen LogP contribution in [0.3, 0.4) is 0 Å². The molecule has 0 aliphatic carbocycles. The van der Waals surface area contributed by atoms with Crippen LogP contribution in [0.2, 0.25) is 0 Å². The second kappa shape index (κ2) is 5.73. The summed E-state index contributed by atoms with van der Waals surface area (Å²) in [5, 5.41) is 15.3. The third-order valence-corrected chi connectivity index (χ3v) is 2.27. The first-order chi connectivity index (χ1) is 8.69. The van der Waals surface area contributed by atoms with Crippen molar-refractivity contribution in [2.75, 3.05) is 5.32 Å². The van der Waals surface area contributed by atoms with Gasteiger partial charge in [0.25, 0.3) is 0 Å². The van der Waals surface area contributed by atoms with Crippen LogP contribution in [0.5, 0.6) is 0 Å². The Hall–Kier alpha value is -2.05. The number of carbonyl (C=O) groups is 2. The maximum atomic E-state index is 11.6. The Balaban J connectivity index is 2.73. The van der Waals surface area contributed by atoms with Crippen molar-refractivity contribution in [2.24, 2.45) is 7.05 Å². The van der Waals surface area contributed by atoms with Crippen molar-refractivity contribution in [2.45, 2.75) is 39.2 Å². The molecule has 0 saturated carbocycles. The second-order valence-electron chi connectivity index (χ2n) is 5.15. The van der Waals surface area contributed by atoms with Crippen molar-refractivity contribution in [3.05, 3.63) is 11.9 Å². The first kappa shape index (κ1) is 15.0. The van der Waals surface area contributed by atoms with Gasteiger partial charge in [0.1, 0.15) is 5.60 Å². The number of aryl methyl sites for hydroxylation is 1. The van der Waals surface area contributed by atoms with E-state index in [0.717, 1.165) is 0 Å². The Morgan fingerprint density at radius 2 is 2.11 bits per heavy atom. The molecule has 0 aromatic carbocycles. The van der Waals surface area contributed by atoms with Crippen LogP contribution < -0.4 is 5.32 Å². The van der Waals surface area contributed by atoms with E-state index < -0.39 is 17.7 Å². The summed E-state index contributed by atoms with van der Waals surface area (Å²) in [4.78, 5) is 22.2. The fourth-order valence-electron chi connectivity index (χ4n) is 1.50. The lowest BCUT2D eigenvalue weighted by molar-refractivity contribution is -0.136. The third-order valence-electron chi connectivity index (χ3n) is 2.27. The molecule has 0 unspecified atom stereocenters. The van der Waals surface area contributed by atoms with Gasteiger partial charge in [-0.05, 0) is 20.8 Å². The SMILES string of the molecule is Cn1ncc(NC(=O)OC(C)(C)C)c1CCC(=O)O. The Kier molecular flexibility index (Phi) is 4.52. The number of amides is 1. The fourth-order valence-corrected chi connectivity index (χ4v) is 1.50. The predicted molar refractivity (Wildman–Crippen MR) is 69.0 cm³/mol. The maximum absolute atomic E-state index is 11.6. The van der Waals surface area contributed by atoms with E-state index in [4.69, 9.17) is 9.84 Å². The van der Waals surface area contributed by atoms with Crippen LogP contribution in [0.25, 0.3) is 0 Å². The van der Waals surface area contributed by atoms with Gasteiger partial charge in [0.15, 0.2) is 0 Å². The average Bonchev–Trinajstić information content (AvgIpc) is 2.54. The molecule has 1 heterocycles. The quantitative estimate of drug-likeness (QED) is 0.869. The smallest absolute Gasteiger partial charge is 0.412 e. The molecule has 1 aromatic rings. The largest absolute Gasteiger partial charge is 0.481 e. The standard InChI is InChI=1S/C12H19N3O4/c1-12(2,3)19-11(18)14-8-7-13-15(4)9(8)5-6-10(16)17/h7H,5-6H2,1-4H3,(H,14,18)(H,16,17). The molecule has 2 N–H and O–H groups in total. The number of aromatic nitrogens is 2. The molecule has 0 bridgehead atoms. The molecule has 0 fully saturated rings. The lowest BCUT2D eigenvalue weighted by Crippen LogP contribution is -2.27. The van der Waals surface area contributed by atoms with Gasteiger partial charge in [-0.3, -0.25) is 14.8 Å². The molecule has 7 nitrogen and oxygen atoms in total. The number of rotatable bonds is 4. The van der Waals surface area contributed by atoms with Gasteiger partial charge in [0, 0.05) is 13.5 Å². The van der Waals surface area contributed by atoms with Gasteiger partial charge in [0.2, 0.25) is 0 Å². The normalized spacial score (nSPS) is 11.2. The number of nitrogens with zero attached hydrogens (tertiary/aromatic N) is 2. The van der Waals surface area contributed by atoms with Crippen molar-refractivity contribution in [1.82, 2.24) is 9.78 Å². The molecule has 0 aliphatic rings. The molecule has 1 amide bonds. The number of carbonyl (C=O) groups excluding carboxylic acids is 1. The number of hydrogen-bond donors (Lipinski definition) is 2. The van der Waals surface area contributed by atoms with E-state index in [-0.39, 0.29) is 12.8 Å². The number of anilines is 1. The molecular weight excluding hydrogens is 250 g/mol. The topological polar surface area (TPSA) is 93.5 Å². The summed E-state index contributed by atoms with van der Waals surface area (Å²) < 4.78 is 6.67. The molecule has 19 heavy (non-hydrogen) atoms. The molecule has 106 valence electrons. The monoisotopic (exact) mass is 269 g/mol. The predicted octanol–water partition coefficient (Wildman–Crippen LogP) is 1.78. The van der Waals surface area contributed by atoms with E-state index in [1.165, 1.54) is 10.9 Å². The summed E-state index contributed by atoms with van der Waals surface area (Å²) in [7, 11) is 1.69. The van der Waals surface area contributed by atoms with Crippen molar-refractivity contribution in [1.29, 1.82) is 0 Å². The highest BCUT2D eigenvalue weighted by molar-refractivity contribution is 5.85. The minimum Gasteiger partial charge on any atom is -0.481 e. The zero-order valence-corrected chi connectivity index (χ0v) is 11.6. The summed E-state index contributed by atoms with van der Waals surface area (Å²) >= 11 is 0. The molecule has 0 spiro atoms. The first-order valence-electron chi connectivity index (χ1n) is 5.91. The number of carboxylic acids is 1. The average molecular weight is 269 g/mol. The number of ether oxygens (including phenoxy) is 1. The van der Waals surface area contributed by atoms with E-state index in [2.05, 4.69) is 10.4 Å².